The summed E-state index contributed by atoms with van der Waals surface area (Å²) >= 11 is 0. The second kappa shape index (κ2) is 12.5. The number of hydrogen-bond donors (Lipinski definition) is 1. The zero-order chi connectivity index (χ0) is 27.2. The predicted molar refractivity (Wildman–Crippen MR) is 138 cm³/mol. The summed E-state index contributed by atoms with van der Waals surface area (Å²) in [5, 5.41) is 2.99. The summed E-state index contributed by atoms with van der Waals surface area (Å²) in [6.45, 7) is 0.644. The molecule has 1 fully saturated rings. The van der Waals surface area contributed by atoms with Gasteiger partial charge in [0.05, 0.1) is 5.69 Å². The third-order valence-electron chi connectivity index (χ3n) is 6.55. The summed E-state index contributed by atoms with van der Waals surface area (Å²) in [4.78, 5) is 28.0. The van der Waals surface area contributed by atoms with Gasteiger partial charge in [0.2, 0.25) is 11.8 Å². The fraction of sp³-hybridized carbons (Fsp3) is 0.462. The summed E-state index contributed by atoms with van der Waals surface area (Å²) < 4.78 is 56.0. The van der Waals surface area contributed by atoms with E-state index in [1.807, 2.05) is 0 Å². The molecule has 0 radical (unpaired) electrons. The largest absolute Gasteiger partial charge is 0.352 e. The summed E-state index contributed by atoms with van der Waals surface area (Å²) in [7, 11) is -1.53. The molecular weight excluding hydrogens is 502 g/mol. The van der Waals surface area contributed by atoms with Crippen molar-refractivity contribution in [2.75, 3.05) is 24.9 Å². The van der Waals surface area contributed by atoms with Crippen LogP contribution < -0.4 is 9.62 Å². The van der Waals surface area contributed by atoms with Gasteiger partial charge < -0.3 is 10.2 Å². The van der Waals surface area contributed by atoms with Gasteiger partial charge in [-0.3, -0.25) is 9.59 Å². The van der Waals surface area contributed by atoms with Crippen molar-refractivity contribution in [1.82, 2.24) is 14.5 Å². The Bertz CT molecular complexity index is 1190. The van der Waals surface area contributed by atoms with Crippen LogP contribution in [0.5, 0.6) is 0 Å². The lowest BCUT2D eigenvalue weighted by atomic mass is 9.95. The molecule has 2 aromatic rings. The van der Waals surface area contributed by atoms with Crippen LogP contribution in [0, 0.1) is 11.6 Å². The number of benzene rings is 2. The van der Waals surface area contributed by atoms with Crippen molar-refractivity contribution in [3.8, 4) is 0 Å². The lowest BCUT2D eigenvalue weighted by Crippen LogP contribution is -2.53. The van der Waals surface area contributed by atoms with E-state index in [2.05, 4.69) is 5.32 Å². The van der Waals surface area contributed by atoms with Gasteiger partial charge in [0, 0.05) is 32.2 Å². The number of carbonyl (C=O) groups excluding carboxylic acids is 2. The zero-order valence-electron chi connectivity index (χ0n) is 21.4. The fourth-order valence-corrected chi connectivity index (χ4v) is 5.34. The Balaban J connectivity index is 1.92. The van der Waals surface area contributed by atoms with E-state index in [9.17, 15) is 26.8 Å². The number of hydrogen-bond acceptors (Lipinski definition) is 4. The minimum Gasteiger partial charge on any atom is -0.352 e. The van der Waals surface area contributed by atoms with Gasteiger partial charge in [0.15, 0.2) is 0 Å². The first-order valence-corrected chi connectivity index (χ1v) is 13.7. The molecule has 0 aliphatic heterocycles. The third kappa shape index (κ3) is 7.26. The van der Waals surface area contributed by atoms with Gasteiger partial charge in [-0.05, 0) is 50.1 Å². The van der Waals surface area contributed by atoms with Crippen molar-refractivity contribution < 1.29 is 26.8 Å². The standard InChI is InChI=1S/C26H34F2N4O4S/c1-19(26(34)29-22-10-5-4-6-11-22)31(17-20-9-7-8-12-24(20)28)25(33)18-32(37(35,36)30(2)3)23-15-13-21(27)14-16-23/h7-9,12-16,19,22H,4-6,10-11,17-18H2,1-3H3,(H,29,34)/t19-/m0/s1. The Morgan fingerprint density at radius 2 is 1.62 bits per heavy atom. The summed E-state index contributed by atoms with van der Waals surface area (Å²) in [6, 6.07) is 9.60. The lowest BCUT2D eigenvalue weighted by molar-refractivity contribution is -0.139. The summed E-state index contributed by atoms with van der Waals surface area (Å²) in [5.41, 5.74) is 0.269. The number of halogens is 2. The smallest absolute Gasteiger partial charge is 0.304 e. The maximum absolute atomic E-state index is 14.5. The van der Waals surface area contributed by atoms with Crippen molar-refractivity contribution in [3.05, 3.63) is 65.7 Å². The van der Waals surface area contributed by atoms with Crippen LogP contribution in [-0.2, 0) is 26.3 Å². The van der Waals surface area contributed by atoms with Gasteiger partial charge in [0.25, 0.3) is 0 Å². The molecule has 11 heteroatoms. The minimum absolute atomic E-state index is 0.000976. The number of amides is 2. The van der Waals surface area contributed by atoms with Crippen molar-refractivity contribution in [1.29, 1.82) is 0 Å². The van der Waals surface area contributed by atoms with Crippen molar-refractivity contribution >= 4 is 27.7 Å². The van der Waals surface area contributed by atoms with E-state index in [4.69, 9.17) is 0 Å². The average Bonchev–Trinajstić information content (AvgIpc) is 2.87. The molecule has 0 bridgehead atoms. The highest BCUT2D eigenvalue weighted by atomic mass is 32.2. The quantitative estimate of drug-likeness (QED) is 0.504. The van der Waals surface area contributed by atoms with Gasteiger partial charge in [-0.1, -0.05) is 37.5 Å². The first-order valence-electron chi connectivity index (χ1n) is 12.3. The highest BCUT2D eigenvalue weighted by Gasteiger charge is 2.33. The molecule has 8 nitrogen and oxygen atoms in total. The van der Waals surface area contributed by atoms with E-state index in [1.165, 1.54) is 49.3 Å². The number of rotatable bonds is 10. The van der Waals surface area contributed by atoms with Crippen molar-refractivity contribution in [2.24, 2.45) is 0 Å². The molecule has 202 valence electrons. The Morgan fingerprint density at radius 1 is 1.00 bits per heavy atom. The predicted octanol–water partition coefficient (Wildman–Crippen LogP) is 3.44. The normalized spacial score (nSPS) is 15.3. The Labute approximate surface area is 217 Å². The highest BCUT2D eigenvalue weighted by molar-refractivity contribution is 7.90. The molecule has 1 saturated carbocycles. The second-order valence-corrected chi connectivity index (χ2v) is 11.5. The Kier molecular flexibility index (Phi) is 9.61. The van der Waals surface area contributed by atoms with Gasteiger partial charge >= 0.3 is 10.2 Å². The number of anilines is 1. The first-order chi connectivity index (χ1) is 17.5. The number of nitrogens with zero attached hydrogens (tertiary/aromatic N) is 3. The maximum Gasteiger partial charge on any atom is 0.304 e. The SMILES string of the molecule is C[C@@H](C(=O)NC1CCCCC1)N(Cc1ccccc1F)C(=O)CN(c1ccc(F)cc1)S(=O)(=O)N(C)C. The third-order valence-corrected chi connectivity index (χ3v) is 8.37. The first kappa shape index (κ1) is 28.5. The van der Waals surface area contributed by atoms with E-state index in [-0.39, 0.29) is 29.7 Å². The van der Waals surface area contributed by atoms with Gasteiger partial charge in [-0.2, -0.15) is 12.7 Å². The molecule has 0 spiro atoms. The van der Waals surface area contributed by atoms with Crippen LogP contribution in [0.15, 0.2) is 48.5 Å². The molecule has 0 heterocycles. The number of carbonyl (C=O) groups is 2. The molecule has 1 atom stereocenters. The molecule has 2 amide bonds. The molecule has 37 heavy (non-hydrogen) atoms. The molecule has 3 rings (SSSR count). The molecule has 0 saturated heterocycles. The maximum atomic E-state index is 14.5. The van der Waals surface area contributed by atoms with Crippen LogP contribution in [0.1, 0.15) is 44.6 Å². The topological polar surface area (TPSA) is 90.0 Å². The van der Waals surface area contributed by atoms with E-state index >= 15 is 0 Å². The van der Waals surface area contributed by atoms with E-state index in [1.54, 1.807) is 13.0 Å². The van der Waals surface area contributed by atoms with Crippen LogP contribution in [0.3, 0.4) is 0 Å². The molecule has 1 aliphatic rings. The van der Waals surface area contributed by atoms with Crippen LogP contribution >= 0.6 is 0 Å². The molecule has 1 aliphatic carbocycles. The summed E-state index contributed by atoms with van der Waals surface area (Å²) in [6.07, 6.45) is 4.82. The minimum atomic E-state index is -4.16. The van der Waals surface area contributed by atoms with Crippen molar-refractivity contribution in [3.63, 3.8) is 0 Å². The van der Waals surface area contributed by atoms with Gasteiger partial charge in [0.1, 0.15) is 24.2 Å². The average molecular weight is 537 g/mol. The monoisotopic (exact) mass is 536 g/mol. The lowest BCUT2D eigenvalue weighted by Gasteiger charge is -2.34. The number of nitrogens with one attached hydrogen (secondary N) is 1. The molecule has 1 N–H and O–H groups in total. The summed E-state index contributed by atoms with van der Waals surface area (Å²) in [5.74, 6) is -2.20. The van der Waals surface area contributed by atoms with Crippen LogP contribution in [0.2, 0.25) is 0 Å². The van der Waals surface area contributed by atoms with Gasteiger partial charge in [-0.15, -0.1) is 0 Å². The van der Waals surface area contributed by atoms with E-state index in [0.717, 1.165) is 52.8 Å². The van der Waals surface area contributed by atoms with E-state index in [0.29, 0.717) is 0 Å². The van der Waals surface area contributed by atoms with Crippen molar-refractivity contribution in [2.45, 2.75) is 57.7 Å². The molecule has 0 aromatic heterocycles. The molecule has 2 aromatic carbocycles. The van der Waals surface area contributed by atoms with Gasteiger partial charge in [-0.25, -0.2) is 13.1 Å². The van der Waals surface area contributed by atoms with E-state index < -0.39 is 40.3 Å². The zero-order valence-corrected chi connectivity index (χ0v) is 22.2. The Morgan fingerprint density at radius 3 is 2.22 bits per heavy atom. The molecule has 0 unspecified atom stereocenters. The van der Waals surface area contributed by atoms with Crippen LogP contribution in [-0.4, -0.2) is 62.2 Å². The fourth-order valence-electron chi connectivity index (χ4n) is 4.29. The second-order valence-electron chi connectivity index (χ2n) is 9.41. The van der Waals surface area contributed by atoms with Crippen LogP contribution in [0.4, 0.5) is 14.5 Å². The van der Waals surface area contributed by atoms with Crippen LogP contribution in [0.25, 0.3) is 0 Å². The molecular formula is C26H34F2N4O4S. The highest BCUT2D eigenvalue weighted by Crippen LogP contribution is 2.22. The Hall–Kier alpha value is -3.05.